The smallest absolute Gasteiger partial charge is 0.306 e. The molecule has 3 unspecified atom stereocenters. The Kier molecular flexibility index (Phi) is 47.1. The van der Waals surface area contributed by atoms with Crippen LogP contribution in [0.5, 0.6) is 0 Å². The van der Waals surface area contributed by atoms with Crippen molar-refractivity contribution in [2.75, 3.05) is 6.61 Å². The summed E-state index contributed by atoms with van der Waals surface area (Å²) in [5.74, 6) is -0.505. The minimum absolute atomic E-state index is 0.0664. The van der Waals surface area contributed by atoms with E-state index in [2.05, 4.69) is 74.7 Å². The number of aliphatic hydroxyl groups is 2. The van der Waals surface area contributed by atoms with Crippen LogP contribution in [-0.4, -0.2) is 46.9 Å². The van der Waals surface area contributed by atoms with Gasteiger partial charge in [0.15, 0.2) is 0 Å². The maximum absolute atomic E-state index is 13.2. The number of ether oxygens (including phenoxy) is 1. The molecule has 0 aromatic heterocycles. The Morgan fingerprint density at radius 1 is 0.492 bits per heavy atom. The molecule has 0 saturated carbocycles. The summed E-state index contributed by atoms with van der Waals surface area (Å²) in [6, 6.07) is -0.706. The van der Waals surface area contributed by atoms with E-state index < -0.39 is 18.2 Å². The van der Waals surface area contributed by atoms with Gasteiger partial charge in [-0.15, -0.1) is 0 Å². The highest BCUT2D eigenvalue weighted by Gasteiger charge is 2.24. The molecular formula is C55H101NO5. The van der Waals surface area contributed by atoms with Crippen molar-refractivity contribution in [3.05, 3.63) is 48.6 Å². The molecule has 0 bridgehead atoms. The van der Waals surface area contributed by atoms with E-state index in [0.717, 1.165) is 89.9 Å². The molecule has 0 aliphatic rings. The van der Waals surface area contributed by atoms with E-state index in [0.29, 0.717) is 19.3 Å². The predicted molar refractivity (Wildman–Crippen MR) is 264 cm³/mol. The first kappa shape index (κ1) is 58.8. The first-order valence-electron chi connectivity index (χ1n) is 26.4. The third-order valence-electron chi connectivity index (χ3n) is 11.9. The minimum atomic E-state index is -0.791. The van der Waals surface area contributed by atoms with Crippen LogP contribution < -0.4 is 5.32 Å². The standard InChI is InChI=1S/C55H101NO5/c1-4-7-10-13-16-19-21-23-25-27-28-30-32-35-38-41-44-47-53(58)52(50-57)56-54(59)49-51(46-43-40-37-34-18-15-12-9-6-3)61-55(60)48-45-42-39-36-33-31-29-26-24-22-20-17-14-11-8-5-2/h8,11,17,20,24,26,31,33,51-53,57-58H,4-7,9-10,12-16,18-19,21-23,25,27-30,32,34-50H2,1-3H3,(H,56,59)/b11-8+,20-17+,26-24+,33-31+. The summed E-state index contributed by atoms with van der Waals surface area (Å²) >= 11 is 0. The topological polar surface area (TPSA) is 95.9 Å². The van der Waals surface area contributed by atoms with Gasteiger partial charge in [-0.1, -0.05) is 236 Å². The first-order valence-corrected chi connectivity index (χ1v) is 26.4. The van der Waals surface area contributed by atoms with Crippen LogP contribution in [0.15, 0.2) is 48.6 Å². The van der Waals surface area contributed by atoms with Gasteiger partial charge in [0.2, 0.25) is 5.91 Å². The lowest BCUT2D eigenvalue weighted by Crippen LogP contribution is -2.46. The fourth-order valence-electron chi connectivity index (χ4n) is 7.95. The highest BCUT2D eigenvalue weighted by Crippen LogP contribution is 2.18. The largest absolute Gasteiger partial charge is 0.462 e. The molecule has 0 saturated heterocycles. The van der Waals surface area contributed by atoms with Gasteiger partial charge in [0.1, 0.15) is 6.10 Å². The van der Waals surface area contributed by atoms with Gasteiger partial charge in [0.25, 0.3) is 0 Å². The van der Waals surface area contributed by atoms with Crippen molar-refractivity contribution in [2.24, 2.45) is 0 Å². The molecule has 0 aromatic rings. The molecule has 61 heavy (non-hydrogen) atoms. The van der Waals surface area contributed by atoms with Gasteiger partial charge in [-0.2, -0.15) is 0 Å². The Balaban J connectivity index is 4.46. The highest BCUT2D eigenvalue weighted by atomic mass is 16.5. The summed E-state index contributed by atoms with van der Waals surface area (Å²) in [5.41, 5.74) is 0. The van der Waals surface area contributed by atoms with E-state index in [1.54, 1.807) is 0 Å². The summed E-state index contributed by atoms with van der Waals surface area (Å²) in [6.45, 7) is 6.36. The minimum Gasteiger partial charge on any atom is -0.462 e. The molecule has 6 nitrogen and oxygen atoms in total. The molecule has 0 aliphatic carbocycles. The van der Waals surface area contributed by atoms with Crippen LogP contribution in [0.2, 0.25) is 0 Å². The molecule has 0 radical (unpaired) electrons. The Morgan fingerprint density at radius 2 is 0.885 bits per heavy atom. The van der Waals surface area contributed by atoms with Crippen molar-refractivity contribution in [2.45, 2.75) is 283 Å². The Hall–Kier alpha value is -2.18. The van der Waals surface area contributed by atoms with Crippen LogP contribution >= 0.6 is 0 Å². The highest BCUT2D eigenvalue weighted by molar-refractivity contribution is 5.77. The van der Waals surface area contributed by atoms with Crippen molar-refractivity contribution < 1.29 is 24.5 Å². The van der Waals surface area contributed by atoms with Crippen molar-refractivity contribution >= 4 is 11.9 Å². The maximum Gasteiger partial charge on any atom is 0.306 e. The SMILES string of the molecule is CC/C=C/C/C=C/C/C=C/C/C=C/CCCCCC(=O)OC(CCCCCCCCCCC)CC(=O)NC(CO)C(O)CCCCCCCCCCCCCCCCCCC. The number of hydrogen-bond acceptors (Lipinski definition) is 5. The molecule has 0 aliphatic heterocycles. The van der Waals surface area contributed by atoms with E-state index in [1.807, 2.05) is 0 Å². The van der Waals surface area contributed by atoms with E-state index in [9.17, 15) is 19.8 Å². The predicted octanol–water partition coefficient (Wildman–Crippen LogP) is 15.8. The average molecular weight is 856 g/mol. The molecular weight excluding hydrogens is 755 g/mol. The van der Waals surface area contributed by atoms with Gasteiger partial charge in [0, 0.05) is 6.42 Å². The first-order chi connectivity index (χ1) is 30.0. The number of aliphatic hydroxyl groups excluding tert-OH is 2. The van der Waals surface area contributed by atoms with E-state index in [1.165, 1.54) is 128 Å². The van der Waals surface area contributed by atoms with Gasteiger partial charge in [0.05, 0.1) is 25.2 Å². The maximum atomic E-state index is 13.2. The molecule has 3 atom stereocenters. The number of hydrogen-bond donors (Lipinski definition) is 3. The van der Waals surface area contributed by atoms with Crippen molar-refractivity contribution in [3.63, 3.8) is 0 Å². The van der Waals surface area contributed by atoms with Crippen LogP contribution in [-0.2, 0) is 14.3 Å². The number of rotatable bonds is 47. The average Bonchev–Trinajstić information content (AvgIpc) is 3.25. The summed E-state index contributed by atoms with van der Waals surface area (Å²) in [6.07, 6.45) is 58.9. The Bertz CT molecular complexity index is 1050. The van der Waals surface area contributed by atoms with Crippen molar-refractivity contribution in [1.29, 1.82) is 0 Å². The van der Waals surface area contributed by atoms with E-state index >= 15 is 0 Å². The lowest BCUT2D eigenvalue weighted by molar-refractivity contribution is -0.151. The molecule has 356 valence electrons. The molecule has 1 amide bonds. The van der Waals surface area contributed by atoms with Crippen molar-refractivity contribution in [1.82, 2.24) is 5.32 Å². The van der Waals surface area contributed by atoms with Crippen LogP contribution in [0.3, 0.4) is 0 Å². The zero-order valence-electron chi connectivity index (χ0n) is 40.5. The quantitative estimate of drug-likeness (QED) is 0.0322. The normalized spacial score (nSPS) is 13.6. The summed E-state index contributed by atoms with van der Waals surface area (Å²) in [5, 5.41) is 23.8. The number of allylic oxidation sites excluding steroid dienone is 8. The van der Waals surface area contributed by atoms with Gasteiger partial charge >= 0.3 is 5.97 Å². The lowest BCUT2D eigenvalue weighted by Gasteiger charge is -2.24. The van der Waals surface area contributed by atoms with Gasteiger partial charge in [-0.05, 0) is 64.2 Å². The zero-order valence-corrected chi connectivity index (χ0v) is 40.5. The zero-order chi connectivity index (χ0) is 44.5. The second-order valence-electron chi connectivity index (χ2n) is 17.9. The third-order valence-corrected chi connectivity index (χ3v) is 11.9. The molecule has 0 spiro atoms. The molecule has 0 aromatic carbocycles. The fraction of sp³-hybridized carbons (Fsp3) is 0.818. The number of unbranched alkanes of at least 4 members (excludes halogenated alkanes) is 27. The number of nitrogens with one attached hydrogen (secondary N) is 1. The monoisotopic (exact) mass is 856 g/mol. The molecule has 0 fully saturated rings. The number of amides is 1. The summed E-state index contributed by atoms with van der Waals surface area (Å²) in [7, 11) is 0. The van der Waals surface area contributed by atoms with Crippen LogP contribution in [0.1, 0.15) is 265 Å². The number of carbonyl (C=O) groups excluding carboxylic acids is 2. The van der Waals surface area contributed by atoms with Gasteiger partial charge in [-0.3, -0.25) is 9.59 Å². The molecule has 6 heteroatoms. The number of carbonyl (C=O) groups is 2. The van der Waals surface area contributed by atoms with E-state index in [4.69, 9.17) is 4.74 Å². The second kappa shape index (κ2) is 48.8. The summed E-state index contributed by atoms with van der Waals surface area (Å²) in [4.78, 5) is 26.1. The molecule has 0 rings (SSSR count). The van der Waals surface area contributed by atoms with Gasteiger partial charge < -0.3 is 20.3 Å². The van der Waals surface area contributed by atoms with E-state index in [-0.39, 0.29) is 24.9 Å². The molecule has 3 N–H and O–H groups in total. The van der Waals surface area contributed by atoms with Crippen LogP contribution in [0.4, 0.5) is 0 Å². The Morgan fingerprint density at radius 3 is 1.33 bits per heavy atom. The summed E-state index contributed by atoms with van der Waals surface area (Å²) < 4.78 is 5.91. The lowest BCUT2D eigenvalue weighted by atomic mass is 10.0. The molecule has 0 heterocycles. The third kappa shape index (κ3) is 44.2. The van der Waals surface area contributed by atoms with Gasteiger partial charge in [-0.25, -0.2) is 0 Å². The fourth-order valence-corrected chi connectivity index (χ4v) is 7.95. The second-order valence-corrected chi connectivity index (χ2v) is 17.9. The van der Waals surface area contributed by atoms with Crippen LogP contribution in [0, 0.1) is 0 Å². The number of esters is 1. The van der Waals surface area contributed by atoms with Crippen molar-refractivity contribution in [3.8, 4) is 0 Å². The Labute approximate surface area is 378 Å². The van der Waals surface area contributed by atoms with Crippen LogP contribution in [0.25, 0.3) is 0 Å².